The zero-order valence-corrected chi connectivity index (χ0v) is 24.5. The molecule has 0 aliphatic carbocycles. The van der Waals surface area contributed by atoms with Crippen molar-refractivity contribution in [2.45, 2.75) is 32.1 Å². The fourth-order valence-electron chi connectivity index (χ4n) is 3.86. The molecule has 0 saturated carbocycles. The van der Waals surface area contributed by atoms with E-state index in [0.717, 1.165) is 0 Å². The van der Waals surface area contributed by atoms with E-state index in [2.05, 4.69) is 10.7 Å². The normalized spacial score (nSPS) is 12.1. The summed E-state index contributed by atoms with van der Waals surface area (Å²) in [5.74, 6) is -1.15. The molecule has 10 heteroatoms. The molecule has 2 N–H and O–H groups in total. The summed E-state index contributed by atoms with van der Waals surface area (Å²) in [6.45, 7) is 5.35. The van der Waals surface area contributed by atoms with Crippen molar-refractivity contribution >= 4 is 31.1 Å². The van der Waals surface area contributed by atoms with E-state index in [4.69, 9.17) is 20.6 Å². The van der Waals surface area contributed by atoms with Crippen LogP contribution in [0.1, 0.15) is 42.5 Å². The van der Waals surface area contributed by atoms with Crippen molar-refractivity contribution in [1.29, 1.82) is 0 Å². The first-order valence-corrected chi connectivity index (χ1v) is 14.9. The number of halogens is 1. The highest BCUT2D eigenvalue weighted by Crippen LogP contribution is 2.59. The molecule has 4 aromatic carbocycles. The molecule has 3 amide bonds. The topological polar surface area (TPSA) is 97.0 Å². The number of benzene rings is 4. The summed E-state index contributed by atoms with van der Waals surface area (Å²) in [5, 5.41) is 4.41. The van der Waals surface area contributed by atoms with Crippen LogP contribution in [0.2, 0.25) is 5.02 Å². The Balaban J connectivity index is 1.71. The summed E-state index contributed by atoms with van der Waals surface area (Å²) in [7, 11) is -4.25. The van der Waals surface area contributed by atoms with Crippen LogP contribution in [0.15, 0.2) is 115 Å². The highest BCUT2D eigenvalue weighted by atomic mass is 35.5. The maximum Gasteiger partial charge on any atom is 0.457 e. The Labute approximate surface area is 244 Å². The lowest BCUT2D eigenvalue weighted by molar-refractivity contribution is 0.0449. The fraction of sp³-hybridized carbons (Fsp3) is 0.161. The first-order chi connectivity index (χ1) is 19.5. The lowest BCUT2D eigenvalue weighted by Gasteiger charge is -2.36. The molecule has 0 heterocycles. The van der Waals surface area contributed by atoms with Gasteiger partial charge in [0.15, 0.2) is 5.78 Å². The van der Waals surface area contributed by atoms with Gasteiger partial charge in [-0.3, -0.25) is 4.79 Å². The van der Waals surface area contributed by atoms with Gasteiger partial charge in [0, 0.05) is 10.6 Å². The molecule has 41 heavy (non-hydrogen) atoms. The minimum Gasteiger partial charge on any atom is -0.414 e. The summed E-state index contributed by atoms with van der Waals surface area (Å²) >= 11 is 6.13. The number of amides is 3. The van der Waals surface area contributed by atoms with Crippen molar-refractivity contribution < 1.29 is 23.2 Å². The van der Waals surface area contributed by atoms with Crippen LogP contribution in [-0.4, -0.2) is 22.5 Å². The van der Waals surface area contributed by atoms with Gasteiger partial charge in [0.25, 0.3) is 5.91 Å². The van der Waals surface area contributed by atoms with E-state index >= 15 is 0 Å². The molecule has 0 aromatic heterocycles. The third-order valence-electron chi connectivity index (χ3n) is 5.83. The number of carbonyl (C=O) groups excluding carboxylic acids is 2. The fourth-order valence-corrected chi connectivity index (χ4v) is 5.88. The number of rotatable bonds is 8. The number of hydrogen-bond donors (Lipinski definition) is 2. The molecule has 1 atom stereocenters. The molecule has 0 fully saturated rings. The van der Waals surface area contributed by atoms with Crippen LogP contribution in [-0.2, 0) is 4.57 Å². The first kappa shape index (κ1) is 29.7. The van der Waals surface area contributed by atoms with Gasteiger partial charge in [-0.2, -0.15) is 0 Å². The second-order valence-electron chi connectivity index (χ2n) is 10.1. The zero-order chi connectivity index (χ0) is 29.5. The number of hydrazine groups is 1. The van der Waals surface area contributed by atoms with Crippen molar-refractivity contribution in [3.05, 3.63) is 131 Å². The van der Waals surface area contributed by atoms with Gasteiger partial charge >= 0.3 is 13.6 Å². The molecule has 4 aromatic rings. The van der Waals surface area contributed by atoms with E-state index in [1.807, 2.05) is 0 Å². The molecule has 4 rings (SSSR count). The number of hydrogen-bond acceptors (Lipinski definition) is 5. The maximum atomic E-state index is 14.7. The van der Waals surface area contributed by atoms with E-state index in [1.165, 1.54) is 5.01 Å². The number of nitrogens with one attached hydrogen (secondary N) is 2. The minimum absolute atomic E-state index is 0.281. The average Bonchev–Trinajstić information content (AvgIpc) is 2.96. The third-order valence-corrected chi connectivity index (χ3v) is 8.07. The Morgan fingerprint density at radius 3 is 1.68 bits per heavy atom. The van der Waals surface area contributed by atoms with Gasteiger partial charge in [0.2, 0.25) is 0 Å². The Kier molecular flexibility index (Phi) is 9.38. The second-order valence-corrected chi connectivity index (χ2v) is 12.5. The van der Waals surface area contributed by atoms with Crippen LogP contribution in [0.25, 0.3) is 0 Å². The predicted octanol–water partition coefficient (Wildman–Crippen LogP) is 7.84. The van der Waals surface area contributed by atoms with Crippen LogP contribution in [0, 0.1) is 0 Å². The highest BCUT2D eigenvalue weighted by Gasteiger charge is 2.43. The summed E-state index contributed by atoms with van der Waals surface area (Å²) in [6, 6.07) is 31.3. The van der Waals surface area contributed by atoms with Crippen molar-refractivity contribution in [3.63, 3.8) is 0 Å². The van der Waals surface area contributed by atoms with Crippen LogP contribution >= 0.6 is 19.2 Å². The molecule has 8 nitrogen and oxygen atoms in total. The standard InChI is InChI=1S/C31H31ClN3O5P/c1-31(2,3)35(29(36)24-13-7-4-8-14-24)34-30(37)33-28(23-19-21-25(32)22-20-23)41(38,39-26-15-9-5-10-16-26)40-27-17-11-6-12-18-27/h4-22,28H,1-3H3,(H2,33,34,37). The van der Waals surface area contributed by atoms with Gasteiger partial charge < -0.3 is 14.4 Å². The van der Waals surface area contributed by atoms with Gasteiger partial charge in [-0.1, -0.05) is 78.3 Å². The summed E-state index contributed by atoms with van der Waals surface area (Å²) < 4.78 is 26.8. The summed E-state index contributed by atoms with van der Waals surface area (Å²) in [5.41, 5.74) is 2.65. The zero-order valence-electron chi connectivity index (χ0n) is 22.9. The Morgan fingerprint density at radius 2 is 1.22 bits per heavy atom. The van der Waals surface area contributed by atoms with E-state index in [1.54, 1.807) is 136 Å². The Morgan fingerprint density at radius 1 is 0.756 bits per heavy atom. The summed E-state index contributed by atoms with van der Waals surface area (Å²) in [6.07, 6.45) is 0. The molecular formula is C31H31ClN3O5P. The quantitative estimate of drug-likeness (QED) is 0.161. The van der Waals surface area contributed by atoms with E-state index in [-0.39, 0.29) is 11.5 Å². The Hall–Kier alpha value is -4.26. The first-order valence-electron chi connectivity index (χ1n) is 12.9. The van der Waals surface area contributed by atoms with Crippen LogP contribution in [0.5, 0.6) is 11.5 Å². The van der Waals surface area contributed by atoms with Crippen molar-refractivity contribution in [2.75, 3.05) is 0 Å². The molecule has 0 aliphatic heterocycles. The molecule has 0 bridgehead atoms. The van der Waals surface area contributed by atoms with Gasteiger partial charge in [-0.15, -0.1) is 0 Å². The van der Waals surface area contributed by atoms with E-state index < -0.39 is 30.9 Å². The van der Waals surface area contributed by atoms with Crippen molar-refractivity contribution in [1.82, 2.24) is 15.8 Å². The van der Waals surface area contributed by atoms with Gasteiger partial charge in [-0.25, -0.2) is 19.8 Å². The lowest BCUT2D eigenvalue weighted by atomic mass is 10.1. The smallest absolute Gasteiger partial charge is 0.414 e. The largest absolute Gasteiger partial charge is 0.457 e. The second kappa shape index (κ2) is 12.9. The third kappa shape index (κ3) is 7.91. The summed E-state index contributed by atoms with van der Waals surface area (Å²) in [4.78, 5) is 26.9. The number of carbonyl (C=O) groups is 2. The molecule has 0 radical (unpaired) electrons. The average molecular weight is 592 g/mol. The number of para-hydroxylation sites is 2. The van der Waals surface area contributed by atoms with Gasteiger partial charge in [-0.05, 0) is 74.9 Å². The van der Waals surface area contributed by atoms with Crippen molar-refractivity contribution in [2.24, 2.45) is 0 Å². The van der Waals surface area contributed by atoms with Crippen LogP contribution in [0.3, 0.4) is 0 Å². The molecule has 0 spiro atoms. The van der Waals surface area contributed by atoms with E-state index in [0.29, 0.717) is 16.1 Å². The molecule has 1 unspecified atom stereocenters. The number of nitrogens with zero attached hydrogens (tertiary/aromatic N) is 1. The Bertz CT molecular complexity index is 1450. The maximum absolute atomic E-state index is 14.7. The number of urea groups is 1. The lowest BCUT2D eigenvalue weighted by Crippen LogP contribution is -2.58. The van der Waals surface area contributed by atoms with Crippen LogP contribution < -0.4 is 19.8 Å². The minimum atomic E-state index is -4.25. The highest BCUT2D eigenvalue weighted by molar-refractivity contribution is 7.55. The van der Waals surface area contributed by atoms with Gasteiger partial charge in [0.05, 0.1) is 5.54 Å². The predicted molar refractivity (Wildman–Crippen MR) is 160 cm³/mol. The molecular weight excluding hydrogens is 561 g/mol. The van der Waals surface area contributed by atoms with Crippen molar-refractivity contribution in [3.8, 4) is 11.5 Å². The SMILES string of the molecule is CC(C)(C)N(NC(=O)NC(c1ccc(Cl)cc1)P(=O)(Oc1ccccc1)Oc1ccccc1)C(=O)c1ccccc1. The molecule has 212 valence electrons. The van der Waals surface area contributed by atoms with Crippen LogP contribution in [0.4, 0.5) is 4.79 Å². The molecule has 0 aliphatic rings. The molecule has 0 saturated heterocycles. The monoisotopic (exact) mass is 591 g/mol. The van der Waals surface area contributed by atoms with Gasteiger partial charge in [0.1, 0.15) is 11.5 Å². The van der Waals surface area contributed by atoms with E-state index in [9.17, 15) is 14.2 Å².